The van der Waals surface area contributed by atoms with Crippen LogP contribution < -0.4 is 5.32 Å². The van der Waals surface area contributed by atoms with E-state index in [1.165, 1.54) is 77.0 Å². The van der Waals surface area contributed by atoms with Crippen molar-refractivity contribution < 1.29 is 4.79 Å². The minimum atomic E-state index is 0.319. The average Bonchev–Trinajstić information content (AvgIpc) is 3.05. The molecule has 1 aliphatic rings. The van der Waals surface area contributed by atoms with Gasteiger partial charge < -0.3 is 5.32 Å². The summed E-state index contributed by atoms with van der Waals surface area (Å²) >= 11 is 0. The fraction of sp³-hybridized carbons (Fsp3) is 0.952. The fourth-order valence-corrected chi connectivity index (χ4v) is 3.64. The molecule has 0 aromatic rings. The first-order chi connectivity index (χ1) is 11.2. The number of unbranched alkanes of at least 4 members (excludes halogenated alkanes) is 9. The van der Waals surface area contributed by atoms with Crippen molar-refractivity contribution in [1.82, 2.24) is 5.32 Å². The molecule has 0 aliphatic heterocycles. The Kier molecular flexibility index (Phi) is 12.4. The van der Waals surface area contributed by atoms with Crippen molar-refractivity contribution in [2.45, 2.75) is 110 Å². The van der Waals surface area contributed by atoms with E-state index in [2.05, 4.69) is 19.2 Å². The van der Waals surface area contributed by atoms with E-state index in [0.29, 0.717) is 11.8 Å². The predicted molar refractivity (Wildman–Crippen MR) is 101 cm³/mol. The molecule has 0 spiro atoms. The van der Waals surface area contributed by atoms with Gasteiger partial charge in [-0.25, -0.2) is 0 Å². The van der Waals surface area contributed by atoms with E-state index in [0.717, 1.165) is 31.7 Å². The fourth-order valence-electron chi connectivity index (χ4n) is 3.64. The molecule has 23 heavy (non-hydrogen) atoms. The first-order valence-corrected chi connectivity index (χ1v) is 10.5. The van der Waals surface area contributed by atoms with Crippen LogP contribution in [-0.2, 0) is 4.79 Å². The number of nitrogens with one attached hydrogen (secondary N) is 1. The minimum absolute atomic E-state index is 0.319. The SMILES string of the molecule is CC(C)CCCCCCCCCCCCNC(=O)C1CCCC1. The third-order valence-corrected chi connectivity index (χ3v) is 5.23. The first-order valence-electron chi connectivity index (χ1n) is 10.5. The Morgan fingerprint density at radius 1 is 0.826 bits per heavy atom. The molecule has 136 valence electrons. The summed E-state index contributed by atoms with van der Waals surface area (Å²) in [7, 11) is 0. The Bertz CT molecular complexity index is 282. The zero-order valence-corrected chi connectivity index (χ0v) is 15.9. The molecule has 0 aromatic heterocycles. The van der Waals surface area contributed by atoms with E-state index in [1.807, 2.05) is 0 Å². The third-order valence-electron chi connectivity index (χ3n) is 5.23. The van der Waals surface area contributed by atoms with Crippen LogP contribution in [0.3, 0.4) is 0 Å². The number of hydrogen-bond acceptors (Lipinski definition) is 1. The van der Waals surface area contributed by atoms with Gasteiger partial charge in [0.1, 0.15) is 0 Å². The van der Waals surface area contributed by atoms with E-state index in [9.17, 15) is 4.79 Å². The number of amides is 1. The molecule has 1 saturated carbocycles. The van der Waals surface area contributed by atoms with Crippen molar-refractivity contribution in [3.8, 4) is 0 Å². The monoisotopic (exact) mass is 323 g/mol. The second kappa shape index (κ2) is 13.9. The van der Waals surface area contributed by atoms with Crippen molar-refractivity contribution in [1.29, 1.82) is 0 Å². The summed E-state index contributed by atoms with van der Waals surface area (Å²) in [5.74, 6) is 1.52. The lowest BCUT2D eigenvalue weighted by molar-refractivity contribution is -0.124. The molecular weight excluding hydrogens is 282 g/mol. The van der Waals surface area contributed by atoms with Crippen LogP contribution in [-0.4, -0.2) is 12.5 Å². The van der Waals surface area contributed by atoms with Gasteiger partial charge in [-0.1, -0.05) is 90.9 Å². The first kappa shape index (κ1) is 20.5. The normalized spacial score (nSPS) is 15.4. The van der Waals surface area contributed by atoms with Crippen LogP contribution in [0.4, 0.5) is 0 Å². The lowest BCUT2D eigenvalue weighted by Gasteiger charge is -2.10. The van der Waals surface area contributed by atoms with Crippen LogP contribution in [0.15, 0.2) is 0 Å². The summed E-state index contributed by atoms with van der Waals surface area (Å²) in [6, 6.07) is 0. The minimum Gasteiger partial charge on any atom is -0.356 e. The van der Waals surface area contributed by atoms with Gasteiger partial charge >= 0.3 is 0 Å². The standard InChI is InChI=1S/C21H41NO/c1-19(2)15-11-9-7-5-3-4-6-8-10-14-18-22-21(23)20-16-12-13-17-20/h19-20H,3-18H2,1-2H3,(H,22,23). The van der Waals surface area contributed by atoms with Crippen molar-refractivity contribution in [3.63, 3.8) is 0 Å². The maximum absolute atomic E-state index is 11.9. The third kappa shape index (κ3) is 11.6. The number of carbonyl (C=O) groups is 1. The summed E-state index contributed by atoms with van der Waals surface area (Å²) in [5.41, 5.74) is 0. The van der Waals surface area contributed by atoms with Crippen LogP contribution >= 0.6 is 0 Å². The largest absolute Gasteiger partial charge is 0.356 e. The highest BCUT2D eigenvalue weighted by atomic mass is 16.1. The molecular formula is C21H41NO. The van der Waals surface area contributed by atoms with Gasteiger partial charge in [-0.15, -0.1) is 0 Å². The molecule has 1 amide bonds. The predicted octanol–water partition coefficient (Wildman–Crippen LogP) is 6.24. The highest BCUT2D eigenvalue weighted by Gasteiger charge is 2.21. The lowest BCUT2D eigenvalue weighted by atomic mass is 10.0. The summed E-state index contributed by atoms with van der Waals surface area (Å²) in [6.45, 7) is 5.53. The quantitative estimate of drug-likeness (QED) is 0.377. The Labute approximate surface area is 145 Å². The van der Waals surface area contributed by atoms with Crippen LogP contribution in [0.5, 0.6) is 0 Å². The van der Waals surface area contributed by atoms with Gasteiger partial charge in [0.2, 0.25) is 5.91 Å². The molecule has 1 rings (SSSR count). The molecule has 0 aromatic carbocycles. The smallest absolute Gasteiger partial charge is 0.223 e. The van der Waals surface area contributed by atoms with Crippen molar-refractivity contribution in [2.24, 2.45) is 11.8 Å². The molecule has 0 saturated heterocycles. The van der Waals surface area contributed by atoms with Crippen LogP contribution in [0.1, 0.15) is 110 Å². The van der Waals surface area contributed by atoms with Crippen molar-refractivity contribution in [3.05, 3.63) is 0 Å². The number of hydrogen-bond donors (Lipinski definition) is 1. The van der Waals surface area contributed by atoms with Crippen molar-refractivity contribution >= 4 is 5.91 Å². The molecule has 0 radical (unpaired) electrons. The van der Waals surface area contributed by atoms with Gasteiger partial charge in [0.15, 0.2) is 0 Å². The zero-order chi connectivity index (χ0) is 16.8. The van der Waals surface area contributed by atoms with Crippen LogP contribution in [0.2, 0.25) is 0 Å². The molecule has 0 unspecified atom stereocenters. The van der Waals surface area contributed by atoms with E-state index in [4.69, 9.17) is 0 Å². The average molecular weight is 324 g/mol. The summed E-state index contributed by atoms with van der Waals surface area (Å²) < 4.78 is 0. The van der Waals surface area contributed by atoms with Gasteiger partial charge in [-0.2, -0.15) is 0 Å². The molecule has 0 bridgehead atoms. The molecule has 0 heterocycles. The molecule has 1 N–H and O–H groups in total. The zero-order valence-electron chi connectivity index (χ0n) is 15.9. The van der Waals surface area contributed by atoms with Crippen molar-refractivity contribution in [2.75, 3.05) is 6.54 Å². The maximum Gasteiger partial charge on any atom is 0.223 e. The van der Waals surface area contributed by atoms with Gasteiger partial charge in [0.25, 0.3) is 0 Å². The lowest BCUT2D eigenvalue weighted by Crippen LogP contribution is -2.30. The molecule has 2 heteroatoms. The Morgan fingerprint density at radius 2 is 1.30 bits per heavy atom. The van der Waals surface area contributed by atoms with Gasteiger partial charge in [0.05, 0.1) is 0 Å². The van der Waals surface area contributed by atoms with E-state index >= 15 is 0 Å². The highest BCUT2D eigenvalue weighted by molar-refractivity contribution is 5.78. The van der Waals surface area contributed by atoms with E-state index in [-0.39, 0.29) is 0 Å². The molecule has 2 nitrogen and oxygen atoms in total. The van der Waals surface area contributed by atoms with Gasteiger partial charge in [0, 0.05) is 12.5 Å². The molecule has 1 aliphatic carbocycles. The van der Waals surface area contributed by atoms with Crippen LogP contribution in [0, 0.1) is 11.8 Å². The van der Waals surface area contributed by atoms with Crippen LogP contribution in [0.25, 0.3) is 0 Å². The van der Waals surface area contributed by atoms with Gasteiger partial charge in [-0.05, 0) is 25.2 Å². The van der Waals surface area contributed by atoms with E-state index < -0.39 is 0 Å². The maximum atomic E-state index is 11.9. The summed E-state index contributed by atoms with van der Waals surface area (Å²) in [6.07, 6.45) is 19.8. The Balaban J connectivity index is 1.74. The second-order valence-corrected chi connectivity index (χ2v) is 7.99. The number of carbonyl (C=O) groups excluding carboxylic acids is 1. The highest BCUT2D eigenvalue weighted by Crippen LogP contribution is 2.24. The molecule has 0 atom stereocenters. The molecule has 1 fully saturated rings. The summed E-state index contributed by atoms with van der Waals surface area (Å²) in [4.78, 5) is 11.9. The summed E-state index contributed by atoms with van der Waals surface area (Å²) in [5, 5.41) is 3.12. The van der Waals surface area contributed by atoms with E-state index in [1.54, 1.807) is 0 Å². The number of rotatable bonds is 14. The topological polar surface area (TPSA) is 29.1 Å². The van der Waals surface area contributed by atoms with Gasteiger partial charge in [-0.3, -0.25) is 4.79 Å². The second-order valence-electron chi connectivity index (χ2n) is 7.99. The Morgan fingerprint density at radius 3 is 1.83 bits per heavy atom. The Hall–Kier alpha value is -0.530.